The molecule has 2 saturated heterocycles. The standard InChI is InChI=1S/C11H18BrNO3/c12-7-10-8-13(3-5-16-10)11(14)6-9-2-1-4-15-9/h9-10H,1-8H2. The number of hydrogen-bond acceptors (Lipinski definition) is 3. The Morgan fingerprint density at radius 2 is 2.12 bits per heavy atom. The number of halogens is 1. The van der Waals surface area contributed by atoms with Gasteiger partial charge in [-0.05, 0) is 12.8 Å². The SMILES string of the molecule is O=C(CC1CCCO1)N1CCOC(CBr)C1. The lowest BCUT2D eigenvalue weighted by Crippen LogP contribution is -2.46. The summed E-state index contributed by atoms with van der Waals surface area (Å²) in [4.78, 5) is 13.9. The third-order valence-electron chi connectivity index (χ3n) is 3.09. The van der Waals surface area contributed by atoms with Gasteiger partial charge in [0.25, 0.3) is 0 Å². The first-order chi connectivity index (χ1) is 7.79. The Balaban J connectivity index is 1.79. The Morgan fingerprint density at radius 1 is 1.31 bits per heavy atom. The number of ether oxygens (including phenoxy) is 2. The second kappa shape index (κ2) is 5.98. The maximum Gasteiger partial charge on any atom is 0.225 e. The van der Waals surface area contributed by atoms with Gasteiger partial charge in [0.15, 0.2) is 0 Å². The molecule has 0 radical (unpaired) electrons. The zero-order chi connectivity index (χ0) is 11.4. The molecule has 5 heteroatoms. The summed E-state index contributed by atoms with van der Waals surface area (Å²) < 4.78 is 11.0. The number of carbonyl (C=O) groups is 1. The molecule has 2 aliphatic rings. The fourth-order valence-electron chi connectivity index (χ4n) is 2.17. The van der Waals surface area contributed by atoms with Crippen molar-refractivity contribution in [1.82, 2.24) is 4.90 Å². The molecule has 0 aromatic heterocycles. The number of hydrogen-bond donors (Lipinski definition) is 0. The van der Waals surface area contributed by atoms with Crippen molar-refractivity contribution < 1.29 is 14.3 Å². The Hall–Kier alpha value is -0.130. The first-order valence-corrected chi connectivity index (χ1v) is 6.98. The van der Waals surface area contributed by atoms with Gasteiger partial charge in [0.1, 0.15) is 0 Å². The summed E-state index contributed by atoms with van der Waals surface area (Å²) in [5.74, 6) is 0.209. The van der Waals surface area contributed by atoms with Gasteiger partial charge in [-0.15, -0.1) is 0 Å². The second-order valence-electron chi connectivity index (χ2n) is 4.33. The minimum Gasteiger partial charge on any atom is -0.378 e. The molecule has 16 heavy (non-hydrogen) atoms. The zero-order valence-corrected chi connectivity index (χ0v) is 10.9. The number of amides is 1. The summed E-state index contributed by atoms with van der Waals surface area (Å²) in [7, 11) is 0. The van der Waals surface area contributed by atoms with Gasteiger partial charge < -0.3 is 14.4 Å². The van der Waals surface area contributed by atoms with Crippen LogP contribution in [0.1, 0.15) is 19.3 Å². The van der Waals surface area contributed by atoms with Crippen molar-refractivity contribution in [2.75, 3.05) is 31.6 Å². The van der Waals surface area contributed by atoms with Crippen LogP contribution < -0.4 is 0 Å². The molecule has 0 aliphatic carbocycles. The fraction of sp³-hybridized carbons (Fsp3) is 0.909. The molecule has 2 unspecified atom stereocenters. The smallest absolute Gasteiger partial charge is 0.225 e. The molecule has 0 saturated carbocycles. The van der Waals surface area contributed by atoms with Gasteiger partial charge in [-0.2, -0.15) is 0 Å². The molecular formula is C11H18BrNO3. The monoisotopic (exact) mass is 291 g/mol. The number of rotatable bonds is 3. The molecule has 0 aromatic carbocycles. The second-order valence-corrected chi connectivity index (χ2v) is 4.97. The minimum atomic E-state index is 0.141. The van der Waals surface area contributed by atoms with Crippen LogP contribution in [0.5, 0.6) is 0 Å². The van der Waals surface area contributed by atoms with Gasteiger partial charge in [0.05, 0.1) is 25.2 Å². The molecule has 1 amide bonds. The lowest BCUT2D eigenvalue weighted by Gasteiger charge is -2.32. The van der Waals surface area contributed by atoms with E-state index in [1.54, 1.807) is 0 Å². The number of carbonyl (C=O) groups excluding carboxylic acids is 1. The highest BCUT2D eigenvalue weighted by molar-refractivity contribution is 9.09. The van der Waals surface area contributed by atoms with E-state index in [0.29, 0.717) is 19.6 Å². The van der Waals surface area contributed by atoms with E-state index in [-0.39, 0.29) is 18.1 Å². The fourth-order valence-corrected chi connectivity index (χ4v) is 2.56. The van der Waals surface area contributed by atoms with Crippen LogP contribution in [-0.2, 0) is 14.3 Å². The topological polar surface area (TPSA) is 38.8 Å². The predicted molar refractivity (Wildman–Crippen MR) is 63.7 cm³/mol. The van der Waals surface area contributed by atoms with Crippen LogP contribution in [0.15, 0.2) is 0 Å². The Labute approximate surface area is 104 Å². The van der Waals surface area contributed by atoms with Gasteiger partial charge in [0, 0.05) is 25.0 Å². The van der Waals surface area contributed by atoms with E-state index < -0.39 is 0 Å². The summed E-state index contributed by atoms with van der Waals surface area (Å²) >= 11 is 3.39. The molecule has 2 atom stereocenters. The van der Waals surface area contributed by atoms with Crippen molar-refractivity contribution in [3.8, 4) is 0 Å². The summed E-state index contributed by atoms with van der Waals surface area (Å²) in [5.41, 5.74) is 0. The van der Waals surface area contributed by atoms with Gasteiger partial charge >= 0.3 is 0 Å². The van der Waals surface area contributed by atoms with Crippen LogP contribution in [0.25, 0.3) is 0 Å². The van der Waals surface area contributed by atoms with E-state index in [1.165, 1.54) is 0 Å². The molecule has 4 nitrogen and oxygen atoms in total. The van der Waals surface area contributed by atoms with Crippen LogP contribution in [-0.4, -0.2) is 54.6 Å². The highest BCUT2D eigenvalue weighted by Gasteiger charge is 2.26. The molecule has 0 N–H and O–H groups in total. The molecule has 2 fully saturated rings. The molecule has 92 valence electrons. The van der Waals surface area contributed by atoms with E-state index in [4.69, 9.17) is 9.47 Å². The van der Waals surface area contributed by atoms with E-state index in [0.717, 1.165) is 31.3 Å². The van der Waals surface area contributed by atoms with E-state index in [9.17, 15) is 4.79 Å². The lowest BCUT2D eigenvalue weighted by molar-refractivity contribution is -0.140. The molecule has 0 aromatic rings. The van der Waals surface area contributed by atoms with Crippen molar-refractivity contribution in [1.29, 1.82) is 0 Å². The summed E-state index contributed by atoms with van der Waals surface area (Å²) in [5, 5.41) is 0.788. The molecule has 0 spiro atoms. The van der Waals surface area contributed by atoms with Gasteiger partial charge in [-0.1, -0.05) is 15.9 Å². The third kappa shape index (κ3) is 3.18. The van der Waals surface area contributed by atoms with Crippen LogP contribution in [0.3, 0.4) is 0 Å². The van der Waals surface area contributed by atoms with Crippen molar-refractivity contribution >= 4 is 21.8 Å². The number of nitrogens with zero attached hydrogens (tertiary/aromatic N) is 1. The molecular weight excluding hydrogens is 274 g/mol. The van der Waals surface area contributed by atoms with Crippen molar-refractivity contribution in [2.45, 2.75) is 31.5 Å². The maximum absolute atomic E-state index is 12.0. The molecule has 2 aliphatic heterocycles. The average molecular weight is 292 g/mol. The van der Waals surface area contributed by atoms with Crippen LogP contribution in [0.4, 0.5) is 0 Å². The van der Waals surface area contributed by atoms with Crippen LogP contribution >= 0.6 is 15.9 Å². The van der Waals surface area contributed by atoms with E-state index in [1.807, 2.05) is 4.90 Å². The van der Waals surface area contributed by atoms with Gasteiger partial charge in [0.2, 0.25) is 5.91 Å². The quantitative estimate of drug-likeness (QED) is 0.733. The lowest BCUT2D eigenvalue weighted by atomic mass is 10.1. The Bertz CT molecular complexity index is 243. The highest BCUT2D eigenvalue weighted by Crippen LogP contribution is 2.17. The van der Waals surface area contributed by atoms with Crippen LogP contribution in [0, 0.1) is 0 Å². The first-order valence-electron chi connectivity index (χ1n) is 5.86. The van der Waals surface area contributed by atoms with Crippen LogP contribution in [0.2, 0.25) is 0 Å². The van der Waals surface area contributed by atoms with E-state index in [2.05, 4.69) is 15.9 Å². The Morgan fingerprint density at radius 3 is 2.81 bits per heavy atom. The summed E-state index contributed by atoms with van der Waals surface area (Å²) in [6.07, 6.45) is 2.94. The third-order valence-corrected chi connectivity index (χ3v) is 3.81. The van der Waals surface area contributed by atoms with Gasteiger partial charge in [-0.3, -0.25) is 4.79 Å². The maximum atomic E-state index is 12.0. The summed E-state index contributed by atoms with van der Waals surface area (Å²) in [6.45, 7) is 2.88. The molecule has 2 rings (SSSR count). The summed E-state index contributed by atoms with van der Waals surface area (Å²) in [6, 6.07) is 0. The van der Waals surface area contributed by atoms with Crippen molar-refractivity contribution in [2.24, 2.45) is 0 Å². The first kappa shape index (κ1) is 12.3. The van der Waals surface area contributed by atoms with Crippen molar-refractivity contribution in [3.05, 3.63) is 0 Å². The normalized spacial score (nSPS) is 30.7. The largest absolute Gasteiger partial charge is 0.378 e. The minimum absolute atomic E-state index is 0.141. The molecule has 2 heterocycles. The van der Waals surface area contributed by atoms with Gasteiger partial charge in [-0.25, -0.2) is 0 Å². The number of morpholine rings is 1. The highest BCUT2D eigenvalue weighted by atomic mass is 79.9. The average Bonchev–Trinajstić information content (AvgIpc) is 2.82. The Kier molecular flexibility index (Phi) is 4.61. The number of alkyl halides is 1. The predicted octanol–water partition coefficient (Wildman–Crippen LogP) is 1.18. The van der Waals surface area contributed by atoms with Crippen molar-refractivity contribution in [3.63, 3.8) is 0 Å². The molecule has 0 bridgehead atoms. The van der Waals surface area contributed by atoms with E-state index >= 15 is 0 Å². The zero-order valence-electron chi connectivity index (χ0n) is 9.36.